The summed E-state index contributed by atoms with van der Waals surface area (Å²) in [7, 11) is 1.34. The maximum absolute atomic E-state index is 12.1. The predicted molar refractivity (Wildman–Crippen MR) is 93.8 cm³/mol. The molecular formula is C18H26N3O5+. The van der Waals surface area contributed by atoms with Crippen molar-refractivity contribution in [1.29, 1.82) is 0 Å². The van der Waals surface area contributed by atoms with Crippen LogP contribution in [0.25, 0.3) is 0 Å². The van der Waals surface area contributed by atoms with Gasteiger partial charge in [0.2, 0.25) is 0 Å². The van der Waals surface area contributed by atoms with Gasteiger partial charge in [-0.2, -0.15) is 0 Å². The number of quaternary nitrogens is 1. The van der Waals surface area contributed by atoms with Gasteiger partial charge in [-0.3, -0.25) is 9.69 Å². The summed E-state index contributed by atoms with van der Waals surface area (Å²) in [6.07, 6.45) is -0.286. The van der Waals surface area contributed by atoms with Crippen molar-refractivity contribution >= 4 is 18.0 Å². The molecule has 0 spiro atoms. The van der Waals surface area contributed by atoms with Crippen LogP contribution in [0.2, 0.25) is 0 Å². The fourth-order valence-electron chi connectivity index (χ4n) is 2.76. The fraction of sp³-hybridized carbons (Fsp3) is 0.500. The average molecular weight is 364 g/mol. The summed E-state index contributed by atoms with van der Waals surface area (Å²) >= 11 is 0. The van der Waals surface area contributed by atoms with Crippen LogP contribution in [-0.2, 0) is 20.8 Å². The van der Waals surface area contributed by atoms with Gasteiger partial charge in [0.15, 0.2) is 6.54 Å². The van der Waals surface area contributed by atoms with Crippen molar-refractivity contribution in [3.8, 4) is 0 Å². The van der Waals surface area contributed by atoms with Crippen LogP contribution in [0.5, 0.6) is 0 Å². The van der Waals surface area contributed by atoms with Crippen molar-refractivity contribution in [2.75, 3.05) is 46.4 Å². The van der Waals surface area contributed by atoms with E-state index in [1.807, 2.05) is 0 Å². The molecule has 2 N–H and O–H groups in total. The number of rotatable bonds is 6. The van der Waals surface area contributed by atoms with Crippen molar-refractivity contribution in [1.82, 2.24) is 10.2 Å². The summed E-state index contributed by atoms with van der Waals surface area (Å²) in [6.45, 7) is 5.56. The lowest BCUT2D eigenvalue weighted by atomic mass is 10.1. The average Bonchev–Trinajstić information content (AvgIpc) is 2.67. The zero-order chi connectivity index (χ0) is 18.9. The second-order valence-electron chi connectivity index (χ2n) is 6.08. The van der Waals surface area contributed by atoms with Crippen molar-refractivity contribution in [3.63, 3.8) is 0 Å². The normalized spacial score (nSPS) is 14.6. The minimum Gasteiger partial charge on any atom is -0.465 e. The first-order chi connectivity index (χ1) is 12.5. The maximum atomic E-state index is 12.1. The Balaban J connectivity index is 1.71. The molecule has 0 aromatic heterocycles. The first kappa shape index (κ1) is 19.7. The summed E-state index contributed by atoms with van der Waals surface area (Å²) in [5.41, 5.74) is 1.39. The Morgan fingerprint density at radius 3 is 2.38 bits per heavy atom. The molecule has 1 aromatic rings. The number of benzene rings is 1. The Bertz CT molecular complexity index is 624. The number of nitrogens with zero attached hydrogens (tertiary/aromatic N) is 1. The number of ether oxygens (including phenoxy) is 2. The van der Waals surface area contributed by atoms with Crippen LogP contribution >= 0.6 is 0 Å². The number of amides is 2. The zero-order valence-electron chi connectivity index (χ0n) is 15.2. The molecule has 0 bridgehead atoms. The summed E-state index contributed by atoms with van der Waals surface area (Å²) in [5, 5.41) is 2.88. The summed E-state index contributed by atoms with van der Waals surface area (Å²) in [6, 6.07) is 6.93. The Morgan fingerprint density at radius 2 is 1.81 bits per heavy atom. The Morgan fingerprint density at radius 1 is 1.15 bits per heavy atom. The molecule has 0 atom stereocenters. The fourth-order valence-corrected chi connectivity index (χ4v) is 2.76. The van der Waals surface area contributed by atoms with Crippen LogP contribution in [-0.4, -0.2) is 69.3 Å². The van der Waals surface area contributed by atoms with Crippen LogP contribution < -0.4 is 10.2 Å². The molecule has 8 nitrogen and oxygen atoms in total. The first-order valence-electron chi connectivity index (χ1n) is 8.72. The van der Waals surface area contributed by atoms with Gasteiger partial charge in [0, 0.05) is 6.54 Å². The SMILES string of the molecule is CCOC(=O)N1CC[NH+](CC(=O)NCc2ccc(C(=O)OC)cc2)CC1. The van der Waals surface area contributed by atoms with Gasteiger partial charge < -0.3 is 19.7 Å². The molecule has 1 aliphatic heterocycles. The molecule has 1 saturated heterocycles. The predicted octanol–water partition coefficient (Wildman–Crippen LogP) is -0.554. The van der Waals surface area contributed by atoms with Crippen LogP contribution in [0.4, 0.5) is 4.79 Å². The molecule has 1 aliphatic rings. The van der Waals surface area contributed by atoms with Gasteiger partial charge in [0.1, 0.15) is 0 Å². The Labute approximate surface area is 153 Å². The number of carbonyl (C=O) groups excluding carboxylic acids is 3. The van der Waals surface area contributed by atoms with Gasteiger partial charge in [-0.15, -0.1) is 0 Å². The van der Waals surface area contributed by atoms with Gasteiger partial charge in [0.25, 0.3) is 5.91 Å². The monoisotopic (exact) mass is 364 g/mol. The quantitative estimate of drug-likeness (QED) is 0.661. The second kappa shape index (κ2) is 9.76. The number of nitrogens with one attached hydrogen (secondary N) is 2. The summed E-state index contributed by atoms with van der Waals surface area (Å²) in [4.78, 5) is 38.0. The molecule has 2 rings (SSSR count). The van der Waals surface area contributed by atoms with E-state index in [1.165, 1.54) is 7.11 Å². The number of carbonyl (C=O) groups is 3. The standard InChI is InChI=1S/C18H25N3O5/c1-3-26-18(24)21-10-8-20(9-11-21)13-16(22)19-12-14-4-6-15(7-5-14)17(23)25-2/h4-7H,3,8-13H2,1-2H3,(H,19,22)/p+1. The highest BCUT2D eigenvalue weighted by molar-refractivity contribution is 5.89. The number of piperazine rings is 1. The molecule has 142 valence electrons. The second-order valence-corrected chi connectivity index (χ2v) is 6.08. The van der Waals surface area contributed by atoms with E-state index in [0.29, 0.717) is 38.3 Å². The summed E-state index contributed by atoms with van der Waals surface area (Å²) in [5.74, 6) is -0.423. The van der Waals surface area contributed by atoms with E-state index < -0.39 is 0 Å². The largest absolute Gasteiger partial charge is 0.465 e. The molecule has 1 aromatic carbocycles. The molecule has 0 radical (unpaired) electrons. The van der Waals surface area contributed by atoms with Crippen molar-refractivity contribution < 1.29 is 28.8 Å². The van der Waals surface area contributed by atoms with Crippen molar-refractivity contribution in [3.05, 3.63) is 35.4 Å². The smallest absolute Gasteiger partial charge is 0.410 e. The lowest BCUT2D eigenvalue weighted by Gasteiger charge is -2.31. The van der Waals surface area contributed by atoms with Crippen LogP contribution in [0.15, 0.2) is 24.3 Å². The Kier molecular flexibility index (Phi) is 7.40. The highest BCUT2D eigenvalue weighted by atomic mass is 16.6. The van der Waals surface area contributed by atoms with Gasteiger partial charge >= 0.3 is 12.1 Å². The van der Waals surface area contributed by atoms with Gasteiger partial charge in [-0.05, 0) is 24.6 Å². The van der Waals surface area contributed by atoms with E-state index in [0.717, 1.165) is 23.6 Å². The van der Waals surface area contributed by atoms with E-state index in [4.69, 9.17) is 4.74 Å². The number of hydrogen-bond donors (Lipinski definition) is 2. The maximum Gasteiger partial charge on any atom is 0.410 e. The molecule has 1 heterocycles. The molecule has 26 heavy (non-hydrogen) atoms. The van der Waals surface area contributed by atoms with E-state index in [2.05, 4.69) is 10.1 Å². The van der Waals surface area contributed by atoms with E-state index in [1.54, 1.807) is 36.1 Å². The Hall–Kier alpha value is -2.61. The highest BCUT2D eigenvalue weighted by Gasteiger charge is 2.25. The van der Waals surface area contributed by atoms with Crippen LogP contribution in [0, 0.1) is 0 Å². The lowest BCUT2D eigenvalue weighted by Crippen LogP contribution is -3.15. The molecule has 0 unspecified atom stereocenters. The third-order valence-corrected chi connectivity index (χ3v) is 4.27. The zero-order valence-corrected chi connectivity index (χ0v) is 15.2. The van der Waals surface area contributed by atoms with Crippen molar-refractivity contribution in [2.24, 2.45) is 0 Å². The third-order valence-electron chi connectivity index (χ3n) is 4.27. The number of esters is 1. The van der Waals surface area contributed by atoms with Gasteiger partial charge in [0.05, 0.1) is 45.5 Å². The van der Waals surface area contributed by atoms with Gasteiger partial charge in [-0.1, -0.05) is 12.1 Å². The molecule has 0 saturated carbocycles. The summed E-state index contributed by atoms with van der Waals surface area (Å²) < 4.78 is 9.64. The first-order valence-corrected chi connectivity index (χ1v) is 8.72. The minimum atomic E-state index is -0.383. The van der Waals surface area contributed by atoms with Crippen LogP contribution in [0.3, 0.4) is 0 Å². The lowest BCUT2D eigenvalue weighted by molar-refractivity contribution is -0.896. The van der Waals surface area contributed by atoms with Gasteiger partial charge in [-0.25, -0.2) is 9.59 Å². The minimum absolute atomic E-state index is 0.0402. The number of hydrogen-bond acceptors (Lipinski definition) is 5. The molecule has 0 aliphatic carbocycles. The molecular weight excluding hydrogens is 338 g/mol. The van der Waals surface area contributed by atoms with Crippen molar-refractivity contribution in [2.45, 2.75) is 13.5 Å². The molecule has 2 amide bonds. The van der Waals surface area contributed by atoms with E-state index in [9.17, 15) is 14.4 Å². The topological polar surface area (TPSA) is 89.4 Å². The van der Waals surface area contributed by atoms with Crippen LogP contribution in [0.1, 0.15) is 22.8 Å². The van der Waals surface area contributed by atoms with E-state index in [-0.39, 0.29) is 18.0 Å². The molecule has 8 heteroatoms. The molecule has 1 fully saturated rings. The third kappa shape index (κ3) is 5.73. The number of methoxy groups -OCH3 is 1. The van der Waals surface area contributed by atoms with E-state index >= 15 is 0 Å². The highest BCUT2D eigenvalue weighted by Crippen LogP contribution is 2.05.